The van der Waals surface area contributed by atoms with E-state index in [2.05, 4.69) is 0 Å². The number of nitrogens with zero attached hydrogens (tertiary/aromatic N) is 1. The van der Waals surface area contributed by atoms with Crippen molar-refractivity contribution in [3.8, 4) is 28.4 Å². The van der Waals surface area contributed by atoms with Crippen molar-refractivity contribution >= 4 is 17.6 Å². The van der Waals surface area contributed by atoms with Crippen LogP contribution in [0, 0.1) is 0 Å². The van der Waals surface area contributed by atoms with Gasteiger partial charge in [-0.3, -0.25) is 4.79 Å². The van der Waals surface area contributed by atoms with E-state index >= 15 is 0 Å². The van der Waals surface area contributed by atoms with E-state index in [-0.39, 0.29) is 19.0 Å². The van der Waals surface area contributed by atoms with Gasteiger partial charge >= 0.3 is 6.18 Å². The summed E-state index contributed by atoms with van der Waals surface area (Å²) in [4.78, 5) is 16.2. The first kappa shape index (κ1) is 32.6. The van der Waals surface area contributed by atoms with Crippen LogP contribution in [0.4, 0.5) is 13.2 Å². The van der Waals surface area contributed by atoms with Crippen LogP contribution < -0.4 is 14.2 Å². The summed E-state index contributed by atoms with van der Waals surface area (Å²) in [5, 5.41) is 0. The number of hydrogen-bond acceptors (Lipinski definition) is 5. The average molecular weight is 632 g/mol. The highest BCUT2D eigenvalue weighted by molar-refractivity contribution is 6.24. The first-order valence-electron chi connectivity index (χ1n) is 14.7. The fourth-order valence-electron chi connectivity index (χ4n) is 5.69. The van der Waals surface area contributed by atoms with Gasteiger partial charge in [-0.25, -0.2) is 0 Å². The van der Waals surface area contributed by atoms with Crippen molar-refractivity contribution in [1.29, 1.82) is 0 Å². The fourth-order valence-corrected chi connectivity index (χ4v) is 5.69. The molecule has 1 unspecified atom stereocenters. The number of rotatable bonds is 8. The third kappa shape index (κ3) is 7.21. The minimum Gasteiger partial charge on any atom is -0.493 e. The van der Waals surface area contributed by atoms with Gasteiger partial charge in [-0.05, 0) is 72.0 Å². The van der Waals surface area contributed by atoms with E-state index in [0.29, 0.717) is 39.5 Å². The van der Waals surface area contributed by atoms with Crippen molar-refractivity contribution in [3.63, 3.8) is 0 Å². The highest BCUT2D eigenvalue weighted by atomic mass is 19.4. The van der Waals surface area contributed by atoms with Gasteiger partial charge in [0.1, 0.15) is 6.10 Å². The normalized spacial score (nSPS) is 16.6. The second-order valence-corrected chi connectivity index (χ2v) is 11.6. The summed E-state index contributed by atoms with van der Waals surface area (Å²) in [6.07, 6.45) is -3.51. The van der Waals surface area contributed by atoms with Crippen LogP contribution in [0.2, 0.25) is 0 Å². The van der Waals surface area contributed by atoms with Crippen LogP contribution in [0.25, 0.3) is 22.8 Å². The number of carbonyl (C=O) groups excluding carboxylic acids is 1. The number of alkyl halides is 3. The minimum absolute atomic E-state index is 0.0677. The Morgan fingerprint density at radius 1 is 0.848 bits per heavy atom. The van der Waals surface area contributed by atoms with Crippen LogP contribution in [0.15, 0.2) is 91.0 Å². The maximum atomic E-state index is 14.5. The Labute approximate surface area is 267 Å². The zero-order chi connectivity index (χ0) is 33.1. The Hall–Kier alpha value is -4.76. The summed E-state index contributed by atoms with van der Waals surface area (Å²) in [6.45, 7) is 3.95. The SMILES string of the molecule is COc1cc(/C=C(/C(=O)N2CC(c3cccc(C(F)(F)F)c3)OC(C)(C)C2)c2ccc(-c3ccccc3)cc2)cc(OC)c1OC. The molecule has 0 saturated carbocycles. The van der Waals surface area contributed by atoms with Gasteiger partial charge in [-0.2, -0.15) is 13.2 Å². The standard InChI is InChI=1S/C37H36F3NO5/c1-36(2)23-41(22-33(46-36)28-12-9-13-29(21-28)37(38,39)40)35(42)30(18-24-19-31(43-3)34(45-5)32(20-24)44-4)27-16-14-26(15-17-27)25-10-7-6-8-11-25/h6-21,33H,22-23H2,1-5H3/b30-18+. The Morgan fingerprint density at radius 2 is 1.48 bits per heavy atom. The van der Waals surface area contributed by atoms with Crippen LogP contribution in [0.3, 0.4) is 0 Å². The predicted octanol–water partition coefficient (Wildman–Crippen LogP) is 8.32. The Bertz CT molecular complexity index is 1690. The Balaban J connectivity index is 1.57. The molecule has 0 bridgehead atoms. The number of carbonyl (C=O) groups is 1. The van der Waals surface area contributed by atoms with Crippen LogP contribution in [0.5, 0.6) is 17.2 Å². The zero-order valence-electron chi connectivity index (χ0n) is 26.4. The lowest BCUT2D eigenvalue weighted by Gasteiger charge is -2.43. The summed E-state index contributed by atoms with van der Waals surface area (Å²) in [5.74, 6) is 0.976. The predicted molar refractivity (Wildman–Crippen MR) is 172 cm³/mol. The third-order valence-electron chi connectivity index (χ3n) is 7.82. The van der Waals surface area contributed by atoms with E-state index in [9.17, 15) is 18.0 Å². The number of methoxy groups -OCH3 is 3. The summed E-state index contributed by atoms with van der Waals surface area (Å²) < 4.78 is 63.4. The molecule has 9 heteroatoms. The monoisotopic (exact) mass is 631 g/mol. The molecule has 0 aromatic heterocycles. The molecule has 240 valence electrons. The minimum atomic E-state index is -4.50. The number of ether oxygens (including phenoxy) is 4. The highest BCUT2D eigenvalue weighted by Gasteiger charge is 2.38. The van der Waals surface area contributed by atoms with Crippen LogP contribution in [-0.4, -0.2) is 50.8 Å². The molecule has 0 spiro atoms. The van der Waals surface area contributed by atoms with Crippen molar-refractivity contribution in [2.45, 2.75) is 31.7 Å². The molecule has 4 aromatic carbocycles. The molecule has 1 fully saturated rings. The van der Waals surface area contributed by atoms with Crippen molar-refractivity contribution in [2.24, 2.45) is 0 Å². The van der Waals surface area contributed by atoms with Crippen molar-refractivity contribution < 1.29 is 36.9 Å². The largest absolute Gasteiger partial charge is 0.493 e. The number of halogens is 3. The maximum Gasteiger partial charge on any atom is 0.416 e. The summed E-state index contributed by atoms with van der Waals surface area (Å²) >= 11 is 0. The topological polar surface area (TPSA) is 57.2 Å². The highest BCUT2D eigenvalue weighted by Crippen LogP contribution is 2.40. The summed E-state index contributed by atoms with van der Waals surface area (Å²) in [7, 11) is 4.55. The molecule has 6 nitrogen and oxygen atoms in total. The van der Waals surface area contributed by atoms with E-state index in [4.69, 9.17) is 18.9 Å². The zero-order valence-corrected chi connectivity index (χ0v) is 26.4. The molecule has 1 saturated heterocycles. The molecule has 1 atom stereocenters. The molecule has 1 aliphatic rings. The molecule has 4 aromatic rings. The molecular weight excluding hydrogens is 595 g/mol. The van der Waals surface area contributed by atoms with Gasteiger partial charge in [0.25, 0.3) is 5.91 Å². The average Bonchev–Trinajstić information content (AvgIpc) is 3.05. The molecule has 46 heavy (non-hydrogen) atoms. The van der Waals surface area contributed by atoms with Gasteiger partial charge in [0.2, 0.25) is 5.75 Å². The van der Waals surface area contributed by atoms with E-state index < -0.39 is 23.4 Å². The van der Waals surface area contributed by atoms with E-state index in [1.165, 1.54) is 27.4 Å². The van der Waals surface area contributed by atoms with E-state index in [0.717, 1.165) is 23.3 Å². The number of benzene rings is 4. The van der Waals surface area contributed by atoms with Gasteiger partial charge in [-0.15, -0.1) is 0 Å². The Morgan fingerprint density at radius 3 is 2.07 bits per heavy atom. The van der Waals surface area contributed by atoms with Crippen LogP contribution >= 0.6 is 0 Å². The van der Waals surface area contributed by atoms with E-state index in [1.54, 1.807) is 29.2 Å². The first-order chi connectivity index (χ1) is 21.9. The Kier molecular flexibility index (Phi) is 9.44. The second-order valence-electron chi connectivity index (χ2n) is 11.6. The van der Waals surface area contributed by atoms with Crippen molar-refractivity contribution in [1.82, 2.24) is 4.90 Å². The van der Waals surface area contributed by atoms with Crippen molar-refractivity contribution in [3.05, 3.63) is 113 Å². The lowest BCUT2D eigenvalue weighted by molar-refractivity contribution is -0.158. The molecule has 1 aliphatic heterocycles. The third-order valence-corrected chi connectivity index (χ3v) is 7.82. The molecule has 0 N–H and O–H groups in total. The quantitative estimate of drug-likeness (QED) is 0.145. The maximum absolute atomic E-state index is 14.5. The number of amides is 1. The molecule has 1 heterocycles. The van der Waals surface area contributed by atoms with Gasteiger partial charge in [0.05, 0.1) is 39.0 Å². The van der Waals surface area contributed by atoms with Crippen LogP contribution in [-0.2, 0) is 15.7 Å². The molecule has 0 radical (unpaired) electrons. The van der Waals surface area contributed by atoms with Gasteiger partial charge in [0, 0.05) is 12.1 Å². The molecule has 1 amide bonds. The summed E-state index contributed by atoms with van der Waals surface area (Å²) in [5.41, 5.74) is 2.45. The second kappa shape index (κ2) is 13.3. The van der Waals surface area contributed by atoms with Crippen molar-refractivity contribution in [2.75, 3.05) is 34.4 Å². The van der Waals surface area contributed by atoms with Crippen LogP contribution in [0.1, 0.15) is 42.2 Å². The molecular formula is C37H36F3NO5. The van der Waals surface area contributed by atoms with Gasteiger partial charge in [0.15, 0.2) is 11.5 Å². The molecule has 0 aliphatic carbocycles. The van der Waals surface area contributed by atoms with Gasteiger partial charge < -0.3 is 23.8 Å². The lowest BCUT2D eigenvalue weighted by Crippen LogP contribution is -2.51. The van der Waals surface area contributed by atoms with E-state index in [1.807, 2.05) is 68.4 Å². The number of hydrogen-bond donors (Lipinski definition) is 0. The fraction of sp³-hybridized carbons (Fsp3) is 0.270. The van der Waals surface area contributed by atoms with Gasteiger partial charge in [-0.1, -0.05) is 66.7 Å². The first-order valence-corrected chi connectivity index (χ1v) is 14.7. The molecule has 5 rings (SSSR count). The smallest absolute Gasteiger partial charge is 0.416 e. The number of morpholine rings is 1. The lowest BCUT2D eigenvalue weighted by atomic mass is 9.95. The summed E-state index contributed by atoms with van der Waals surface area (Å²) in [6, 6.07) is 26.2.